The van der Waals surface area contributed by atoms with Crippen molar-refractivity contribution in [2.24, 2.45) is 0 Å². The summed E-state index contributed by atoms with van der Waals surface area (Å²) in [6.45, 7) is 13.2. The van der Waals surface area contributed by atoms with Crippen molar-refractivity contribution in [1.82, 2.24) is 0 Å². The molecule has 0 amide bonds. The zero-order valence-electron chi connectivity index (χ0n) is 42.3. The molecule has 2 N–H and O–H groups in total. The molecule has 0 spiro atoms. The third-order valence-corrected chi connectivity index (χ3v) is 16.7. The van der Waals surface area contributed by atoms with Gasteiger partial charge in [-0.05, 0) is 0 Å². The third-order valence-electron chi connectivity index (χ3n) is 15.0. The van der Waals surface area contributed by atoms with Crippen LogP contribution in [0.3, 0.4) is 0 Å². The van der Waals surface area contributed by atoms with Crippen LogP contribution in [0.25, 0.3) is 0 Å². The number of hydrogen-bond acceptors (Lipinski definition) is 2. The number of fused-ring (bicyclic) bond motifs is 1. The number of benzene rings is 8. The van der Waals surface area contributed by atoms with Gasteiger partial charge in [0.1, 0.15) is 0 Å². The Morgan fingerprint density at radius 1 is 0.389 bits per heavy atom. The molecule has 1 aliphatic carbocycles. The van der Waals surface area contributed by atoms with Gasteiger partial charge in [-0.2, -0.15) is 0 Å². The van der Waals surface area contributed by atoms with Crippen LogP contribution in [0.1, 0.15) is 134 Å². The first-order valence-corrected chi connectivity index (χ1v) is 26.4. The first kappa shape index (κ1) is 50.5. The maximum absolute atomic E-state index is 12.6. The van der Waals surface area contributed by atoms with Crippen molar-refractivity contribution in [2.45, 2.75) is 101 Å². The molecule has 0 aromatic heterocycles. The Balaban J connectivity index is 0.00000640. The Labute approximate surface area is 440 Å². The summed E-state index contributed by atoms with van der Waals surface area (Å²) >= 11 is 0.208. The SMILES string of the molecule is CC(C)(C)c1cc(C(c2ccccc2)(c2ccccc2)c2ccccc2)cc(C=[N+]2[Mn][N+](=Cc3cc(C(c4ccccc4)(c4ccccc4)c4ccccc4)cc(C(C)(C)C)c3O)[C@@H]3CCCC[C@H]32)c1O.[Cl-]. The van der Waals surface area contributed by atoms with Crippen LogP contribution in [0, 0.1) is 0 Å². The van der Waals surface area contributed by atoms with E-state index in [0.29, 0.717) is 11.5 Å². The van der Waals surface area contributed by atoms with Crippen molar-refractivity contribution >= 4 is 12.4 Å². The predicted molar refractivity (Wildman–Crippen MR) is 287 cm³/mol. The second-order valence-corrected chi connectivity index (χ2v) is 23.0. The van der Waals surface area contributed by atoms with Gasteiger partial charge in [0.25, 0.3) is 0 Å². The molecule has 1 saturated heterocycles. The van der Waals surface area contributed by atoms with E-state index in [4.69, 9.17) is 0 Å². The van der Waals surface area contributed by atoms with E-state index in [9.17, 15) is 10.2 Å². The van der Waals surface area contributed by atoms with Gasteiger partial charge >= 0.3 is 431 Å². The summed E-state index contributed by atoms with van der Waals surface area (Å²) < 4.78 is 5.02. The molecule has 8 aromatic carbocycles. The molecule has 2 aliphatic rings. The number of hydrogen-bond donors (Lipinski definition) is 2. The summed E-state index contributed by atoms with van der Waals surface area (Å²) in [5, 5.41) is 25.2. The molecule has 8 aromatic rings. The minimum Gasteiger partial charge on any atom is -1.00 e. The first-order valence-electron chi connectivity index (χ1n) is 25.3. The molecule has 72 heavy (non-hydrogen) atoms. The Morgan fingerprint density at radius 2 is 0.639 bits per heavy atom. The minimum absolute atomic E-state index is 0. The van der Waals surface area contributed by atoms with Crippen LogP contribution in [-0.2, 0) is 37.1 Å². The number of rotatable bonds is 10. The van der Waals surface area contributed by atoms with Gasteiger partial charge < -0.3 is 12.4 Å². The number of phenols is 2. The zero-order chi connectivity index (χ0) is 49.4. The fourth-order valence-electron chi connectivity index (χ4n) is 11.6. The van der Waals surface area contributed by atoms with Crippen molar-refractivity contribution in [3.05, 3.63) is 273 Å². The average Bonchev–Trinajstić information content (AvgIpc) is 3.73. The Kier molecular flexibility index (Phi) is 14.4. The molecule has 6 heteroatoms. The number of phenolic OH excluding ortho intramolecular Hbond substituents is 2. The standard InChI is InChI=1S/C66H66N2O2.ClH.Mn/c1-63(2,3)57-43-55(65(49-27-13-7-14-28-49,50-29-15-8-16-30-50)51-31-17-9-18-32-51)41-47(61(57)69)45-67-59-39-25-26-40-60(59)68-46-48-42-56(44-58(62(48)70)64(4,5)6)66(52-33-19-10-20-34-52,53-35-21-11-22-36-53)54-37-23-12-24-38-54;;/h7-24,27-38,41-46,59-60,69-70H,25-26,39-40H2,1-6H3;1H;/q;;+2/p-1/t59-,60-;;/m1../s1. The van der Waals surface area contributed by atoms with Crippen molar-refractivity contribution in [2.75, 3.05) is 0 Å². The summed E-state index contributed by atoms with van der Waals surface area (Å²) in [6, 6.07) is 74.6. The Morgan fingerprint density at radius 3 is 0.875 bits per heavy atom. The number of aromatic hydroxyl groups is 2. The van der Waals surface area contributed by atoms with Crippen molar-refractivity contribution < 1.29 is 45.2 Å². The average molecular weight is 1010 g/mol. The van der Waals surface area contributed by atoms with E-state index in [1.54, 1.807) is 0 Å². The summed E-state index contributed by atoms with van der Waals surface area (Å²) in [7, 11) is 0. The summed E-state index contributed by atoms with van der Waals surface area (Å²) in [6.07, 6.45) is 8.91. The van der Waals surface area contributed by atoms with Crippen LogP contribution in [-0.4, -0.2) is 41.9 Å². The molecule has 1 heterocycles. The maximum atomic E-state index is 12.6. The smallest absolute Gasteiger partial charge is 1.00 e. The van der Waals surface area contributed by atoms with Gasteiger partial charge in [-0.25, -0.2) is 0 Å². The summed E-state index contributed by atoms with van der Waals surface area (Å²) in [4.78, 5) is 0. The molecular weight excluding hydrogens is 943 g/mol. The van der Waals surface area contributed by atoms with Gasteiger partial charge in [0.05, 0.1) is 0 Å². The second kappa shape index (κ2) is 20.6. The molecule has 0 bridgehead atoms. The molecule has 4 nitrogen and oxygen atoms in total. The van der Waals surface area contributed by atoms with Gasteiger partial charge in [0.15, 0.2) is 0 Å². The van der Waals surface area contributed by atoms with E-state index in [1.807, 2.05) is 0 Å². The van der Waals surface area contributed by atoms with Gasteiger partial charge in [-0.3, -0.25) is 0 Å². The maximum Gasteiger partial charge on any atom is -1.00 e. The van der Waals surface area contributed by atoms with Crippen LogP contribution in [0.5, 0.6) is 11.5 Å². The topological polar surface area (TPSA) is 46.5 Å². The second-order valence-electron chi connectivity index (χ2n) is 21.6. The minimum atomic E-state index is -0.678. The molecule has 2 fully saturated rings. The van der Waals surface area contributed by atoms with E-state index < -0.39 is 10.8 Å². The van der Waals surface area contributed by atoms with E-state index in [1.165, 1.54) is 0 Å². The monoisotopic (exact) mass is 1010 g/mol. The van der Waals surface area contributed by atoms with Gasteiger partial charge in [0.2, 0.25) is 0 Å². The molecule has 2 atom stereocenters. The van der Waals surface area contributed by atoms with E-state index in [-0.39, 0.29) is 50.7 Å². The van der Waals surface area contributed by atoms with Crippen LogP contribution >= 0.6 is 0 Å². The van der Waals surface area contributed by atoms with Crippen LogP contribution in [0.15, 0.2) is 206 Å². The Bertz CT molecular complexity index is 2790. The molecular formula is C66H66ClMnN2O2+. The van der Waals surface area contributed by atoms with Crippen molar-refractivity contribution in [3.63, 3.8) is 0 Å². The Hall–Kier alpha value is -6.49. The molecule has 1 aliphatic heterocycles. The van der Waals surface area contributed by atoms with Crippen molar-refractivity contribution in [1.29, 1.82) is 0 Å². The third kappa shape index (κ3) is 9.17. The van der Waals surface area contributed by atoms with Gasteiger partial charge in [-0.15, -0.1) is 0 Å². The molecule has 0 unspecified atom stereocenters. The van der Waals surface area contributed by atoms with Crippen LogP contribution < -0.4 is 12.4 Å². The van der Waals surface area contributed by atoms with Gasteiger partial charge in [0, 0.05) is 0 Å². The quantitative estimate of drug-likeness (QED) is 0.106. The molecule has 0 radical (unpaired) electrons. The molecule has 10 rings (SSSR count). The van der Waals surface area contributed by atoms with Crippen LogP contribution in [0.4, 0.5) is 0 Å². The number of halogens is 1. The molecule has 1 saturated carbocycles. The summed E-state index contributed by atoms with van der Waals surface area (Å²) in [5.41, 5.74) is 10.6. The normalized spacial score (nSPS) is 17.4. The van der Waals surface area contributed by atoms with Crippen LogP contribution in [0.2, 0.25) is 0 Å². The number of nitrogens with zero attached hydrogens (tertiary/aromatic N) is 2. The molecule has 365 valence electrons. The van der Waals surface area contributed by atoms with Gasteiger partial charge in [-0.1, -0.05) is 0 Å². The summed E-state index contributed by atoms with van der Waals surface area (Å²) in [5.74, 6) is 0.646. The fourth-order valence-corrected chi connectivity index (χ4v) is 13.4. The predicted octanol–water partition coefficient (Wildman–Crippen LogP) is 11.3. The van der Waals surface area contributed by atoms with E-state index in [2.05, 4.69) is 267 Å². The first-order chi connectivity index (χ1) is 34.3. The fraction of sp³-hybridized carbons (Fsp3) is 0.242. The van der Waals surface area contributed by atoms with Crippen molar-refractivity contribution in [3.8, 4) is 11.5 Å². The van der Waals surface area contributed by atoms with E-state index >= 15 is 0 Å². The zero-order valence-corrected chi connectivity index (χ0v) is 44.2. The largest absolute Gasteiger partial charge is 1.00 e. The van der Waals surface area contributed by atoms with E-state index in [0.717, 1.165) is 92.4 Å².